The van der Waals surface area contributed by atoms with Crippen LogP contribution in [-0.2, 0) is 0 Å². The molecule has 0 radical (unpaired) electrons. The smallest absolute Gasteiger partial charge is 0.297 e. The van der Waals surface area contributed by atoms with Crippen molar-refractivity contribution in [2.75, 3.05) is 0 Å². The molecular weight excluding hydrogens is 357 g/mol. The molecule has 0 spiro atoms. The molecule has 0 saturated heterocycles. The average Bonchev–Trinajstić information content (AvgIpc) is 2.77. The highest BCUT2D eigenvalue weighted by molar-refractivity contribution is 7.18. The van der Waals surface area contributed by atoms with Crippen LogP contribution in [0.1, 0.15) is 16.0 Å². The Kier molecular flexibility index (Phi) is 4.14. The molecule has 0 aliphatic rings. The third-order valence-electron chi connectivity index (χ3n) is 3.47. The lowest BCUT2D eigenvalue weighted by molar-refractivity contribution is 0.772. The van der Waals surface area contributed by atoms with E-state index in [1.165, 1.54) is 17.6 Å². The molecule has 1 aromatic carbocycles. The van der Waals surface area contributed by atoms with E-state index in [0.717, 1.165) is 15.1 Å². The van der Waals surface area contributed by atoms with Crippen molar-refractivity contribution in [1.29, 1.82) is 0 Å². The highest BCUT2D eigenvalue weighted by Gasteiger charge is 2.13. The second-order valence-corrected chi connectivity index (χ2v) is 6.99. The molecule has 0 amide bonds. The van der Waals surface area contributed by atoms with Crippen molar-refractivity contribution in [3.8, 4) is 0 Å². The molecule has 23 heavy (non-hydrogen) atoms. The number of H-pyrrole nitrogens is 1. The van der Waals surface area contributed by atoms with Crippen molar-refractivity contribution in [3.05, 3.63) is 65.1 Å². The number of aromatic nitrogens is 2. The first-order chi connectivity index (χ1) is 10.9. The van der Waals surface area contributed by atoms with Crippen LogP contribution in [-0.4, -0.2) is 15.9 Å². The van der Waals surface area contributed by atoms with Gasteiger partial charge in [-0.15, -0.1) is 16.0 Å². The molecular formula is C15H11Cl2N3O2S. The summed E-state index contributed by atoms with van der Waals surface area (Å²) >= 11 is 13.2. The van der Waals surface area contributed by atoms with Crippen molar-refractivity contribution >= 4 is 51.0 Å². The zero-order valence-corrected chi connectivity index (χ0v) is 14.5. The minimum absolute atomic E-state index is 0.372. The van der Waals surface area contributed by atoms with Gasteiger partial charge in [-0.1, -0.05) is 29.3 Å². The fourth-order valence-electron chi connectivity index (χ4n) is 2.14. The largest absolute Gasteiger partial charge is 0.350 e. The molecule has 5 nitrogen and oxygen atoms in total. The maximum Gasteiger partial charge on any atom is 0.350 e. The van der Waals surface area contributed by atoms with E-state index in [2.05, 4.69) is 10.1 Å². The summed E-state index contributed by atoms with van der Waals surface area (Å²) in [4.78, 5) is 28.8. The van der Waals surface area contributed by atoms with E-state index in [1.807, 2.05) is 13.8 Å². The lowest BCUT2D eigenvalue weighted by atomic mass is 10.2. The van der Waals surface area contributed by atoms with E-state index in [9.17, 15) is 9.59 Å². The molecule has 2 aromatic heterocycles. The molecule has 118 valence electrons. The summed E-state index contributed by atoms with van der Waals surface area (Å²) in [7, 11) is 0. The molecule has 0 fully saturated rings. The summed E-state index contributed by atoms with van der Waals surface area (Å²) in [5.74, 6) is 0. The third kappa shape index (κ3) is 2.85. The van der Waals surface area contributed by atoms with E-state index in [4.69, 9.17) is 23.2 Å². The number of aromatic amines is 1. The van der Waals surface area contributed by atoms with Crippen molar-refractivity contribution in [2.24, 2.45) is 5.10 Å². The highest BCUT2D eigenvalue weighted by atomic mass is 35.5. The second kappa shape index (κ2) is 5.96. The van der Waals surface area contributed by atoms with Crippen LogP contribution in [0, 0.1) is 13.8 Å². The van der Waals surface area contributed by atoms with E-state index in [-0.39, 0.29) is 0 Å². The standard InChI is InChI=1S/C15H11Cl2N3O2S/c1-7-8(2)23-13-12(7)14(21)20(15(22)19-13)18-6-9-3-4-10(16)11(17)5-9/h3-6H,1-2H3,(H,19,22)/b18-6+. The number of halogens is 2. The number of thiophene rings is 1. The van der Waals surface area contributed by atoms with Crippen LogP contribution in [0.3, 0.4) is 0 Å². The van der Waals surface area contributed by atoms with Gasteiger partial charge < -0.3 is 0 Å². The minimum Gasteiger partial charge on any atom is -0.297 e. The van der Waals surface area contributed by atoms with Crippen LogP contribution < -0.4 is 11.2 Å². The van der Waals surface area contributed by atoms with Gasteiger partial charge in [0.05, 0.1) is 21.6 Å². The molecule has 0 atom stereocenters. The van der Waals surface area contributed by atoms with Crippen LogP contribution in [0.4, 0.5) is 0 Å². The summed E-state index contributed by atoms with van der Waals surface area (Å²) in [6.45, 7) is 3.75. The Balaban J connectivity index is 2.14. The van der Waals surface area contributed by atoms with Crippen LogP contribution in [0.2, 0.25) is 10.0 Å². The monoisotopic (exact) mass is 367 g/mol. The Morgan fingerprint density at radius 1 is 1.22 bits per heavy atom. The summed E-state index contributed by atoms with van der Waals surface area (Å²) in [5, 5.41) is 5.26. The van der Waals surface area contributed by atoms with E-state index >= 15 is 0 Å². The molecule has 0 aliphatic heterocycles. The van der Waals surface area contributed by atoms with Gasteiger partial charge in [0.1, 0.15) is 4.83 Å². The van der Waals surface area contributed by atoms with Crippen molar-refractivity contribution in [3.63, 3.8) is 0 Å². The number of nitrogens with one attached hydrogen (secondary N) is 1. The Morgan fingerprint density at radius 2 is 1.96 bits per heavy atom. The molecule has 8 heteroatoms. The zero-order chi connectivity index (χ0) is 16.7. The molecule has 0 saturated carbocycles. The number of hydrogen-bond acceptors (Lipinski definition) is 4. The van der Waals surface area contributed by atoms with Crippen molar-refractivity contribution in [2.45, 2.75) is 13.8 Å². The van der Waals surface area contributed by atoms with Crippen LogP contribution in [0.15, 0.2) is 32.9 Å². The number of nitrogens with zero attached hydrogens (tertiary/aromatic N) is 2. The SMILES string of the molecule is Cc1sc2[nH]c(=O)n(/N=C/c3ccc(Cl)c(Cl)c3)c(=O)c2c1C. The van der Waals surface area contributed by atoms with Gasteiger partial charge in [-0.3, -0.25) is 9.78 Å². The van der Waals surface area contributed by atoms with Gasteiger partial charge >= 0.3 is 5.69 Å². The first kappa shape index (κ1) is 16.0. The molecule has 3 aromatic rings. The second-order valence-electron chi connectivity index (χ2n) is 4.95. The number of fused-ring (bicyclic) bond motifs is 1. The van der Waals surface area contributed by atoms with Gasteiger partial charge in [0.2, 0.25) is 0 Å². The molecule has 0 unspecified atom stereocenters. The number of hydrogen-bond donors (Lipinski definition) is 1. The van der Waals surface area contributed by atoms with Crippen LogP contribution in [0.5, 0.6) is 0 Å². The molecule has 0 bridgehead atoms. The predicted molar refractivity (Wildman–Crippen MR) is 95.6 cm³/mol. The first-order valence-electron chi connectivity index (χ1n) is 6.63. The molecule has 0 aliphatic carbocycles. The lowest BCUT2D eigenvalue weighted by Crippen LogP contribution is -2.32. The van der Waals surface area contributed by atoms with E-state index < -0.39 is 11.2 Å². The summed E-state index contributed by atoms with van der Waals surface area (Å²) in [6, 6.07) is 4.91. The van der Waals surface area contributed by atoms with Gasteiger partial charge in [0, 0.05) is 4.88 Å². The molecule has 2 heterocycles. The number of aryl methyl sites for hydroxylation is 2. The molecule has 3 rings (SSSR count). The summed E-state index contributed by atoms with van der Waals surface area (Å²) in [6.07, 6.45) is 1.39. The maximum atomic E-state index is 12.5. The number of rotatable bonds is 2. The Labute approximate surface area is 144 Å². The predicted octanol–water partition coefficient (Wildman–Crippen LogP) is 3.56. The lowest BCUT2D eigenvalue weighted by Gasteiger charge is -1.99. The number of benzene rings is 1. The fourth-order valence-corrected chi connectivity index (χ4v) is 3.49. The minimum atomic E-state index is -0.583. The normalized spacial score (nSPS) is 11.7. The van der Waals surface area contributed by atoms with Crippen molar-refractivity contribution < 1.29 is 0 Å². The Hall–Kier alpha value is -1.89. The Bertz CT molecular complexity index is 1060. The van der Waals surface area contributed by atoms with Crippen LogP contribution in [0.25, 0.3) is 10.2 Å². The maximum absolute atomic E-state index is 12.5. The quantitative estimate of drug-likeness (QED) is 0.703. The first-order valence-corrected chi connectivity index (χ1v) is 8.20. The van der Waals surface area contributed by atoms with E-state index in [1.54, 1.807) is 18.2 Å². The zero-order valence-electron chi connectivity index (χ0n) is 12.2. The summed E-state index contributed by atoms with van der Waals surface area (Å²) in [5.41, 5.74) is 0.454. The summed E-state index contributed by atoms with van der Waals surface area (Å²) < 4.78 is 0.810. The van der Waals surface area contributed by atoms with Crippen molar-refractivity contribution in [1.82, 2.24) is 9.66 Å². The highest BCUT2D eigenvalue weighted by Crippen LogP contribution is 2.25. The van der Waals surface area contributed by atoms with Gasteiger partial charge in [-0.25, -0.2) is 4.79 Å². The van der Waals surface area contributed by atoms with Gasteiger partial charge in [0.15, 0.2) is 0 Å². The Morgan fingerprint density at radius 3 is 2.65 bits per heavy atom. The van der Waals surface area contributed by atoms with Crippen LogP contribution >= 0.6 is 34.5 Å². The third-order valence-corrected chi connectivity index (χ3v) is 5.33. The van der Waals surface area contributed by atoms with Gasteiger partial charge in [0.25, 0.3) is 5.56 Å². The molecule has 1 N–H and O–H groups in total. The van der Waals surface area contributed by atoms with E-state index in [0.29, 0.717) is 25.8 Å². The topological polar surface area (TPSA) is 67.2 Å². The average molecular weight is 368 g/mol. The van der Waals surface area contributed by atoms with Gasteiger partial charge in [-0.05, 0) is 37.1 Å². The van der Waals surface area contributed by atoms with Gasteiger partial charge in [-0.2, -0.15) is 5.10 Å². The fraction of sp³-hybridized carbons (Fsp3) is 0.133.